The quantitative estimate of drug-likeness (QED) is 0.820. The zero-order valence-corrected chi connectivity index (χ0v) is 14.8. The Labute approximate surface area is 150 Å². The number of hydrogen-bond donors (Lipinski definition) is 0. The van der Waals surface area contributed by atoms with Crippen LogP contribution in [0.5, 0.6) is 5.75 Å². The Hall–Kier alpha value is -2.38. The lowest BCUT2D eigenvalue weighted by molar-refractivity contribution is -0.141. The molecule has 1 aromatic carbocycles. The topological polar surface area (TPSA) is 59.1 Å². The normalized spacial score (nSPS) is 20.2. The first-order chi connectivity index (χ1) is 12.3. The smallest absolute Gasteiger partial charge is 0.410 e. The molecular formula is C18H22F2N2O4. The zero-order chi connectivity index (χ0) is 18.9. The number of benzene rings is 1. The van der Waals surface area contributed by atoms with Crippen LogP contribution in [0.2, 0.25) is 0 Å². The maximum absolute atomic E-state index is 13.7. The fourth-order valence-corrected chi connectivity index (χ4v) is 3.40. The van der Waals surface area contributed by atoms with Crippen LogP contribution in [0.15, 0.2) is 18.2 Å². The highest BCUT2D eigenvalue weighted by atomic mass is 19.1. The van der Waals surface area contributed by atoms with Crippen LogP contribution in [0, 0.1) is 11.6 Å². The van der Waals surface area contributed by atoms with E-state index < -0.39 is 23.3 Å². The Kier molecular flexibility index (Phi) is 5.02. The van der Waals surface area contributed by atoms with Gasteiger partial charge < -0.3 is 19.3 Å². The molecule has 8 heteroatoms. The van der Waals surface area contributed by atoms with E-state index >= 15 is 0 Å². The van der Waals surface area contributed by atoms with Crippen molar-refractivity contribution in [1.29, 1.82) is 0 Å². The molecule has 0 N–H and O–H groups in total. The average molecular weight is 368 g/mol. The molecule has 2 aliphatic heterocycles. The first kappa shape index (κ1) is 18.4. The number of hydrogen-bond acceptors (Lipinski definition) is 4. The molecule has 2 saturated heterocycles. The van der Waals surface area contributed by atoms with Crippen molar-refractivity contribution in [2.75, 3.05) is 26.2 Å². The van der Waals surface area contributed by atoms with E-state index in [0.717, 1.165) is 12.1 Å². The Morgan fingerprint density at radius 1 is 1.35 bits per heavy atom. The molecule has 26 heavy (non-hydrogen) atoms. The third-order valence-electron chi connectivity index (χ3n) is 4.95. The van der Waals surface area contributed by atoms with Crippen LogP contribution in [-0.4, -0.2) is 59.7 Å². The van der Waals surface area contributed by atoms with E-state index in [2.05, 4.69) is 0 Å². The molecular weight excluding hydrogens is 346 g/mol. The van der Waals surface area contributed by atoms with E-state index in [1.165, 1.54) is 6.92 Å². The number of likely N-dealkylation sites (N-methyl/N-ethyl adjacent to an activating group) is 1. The number of rotatable bonds is 4. The summed E-state index contributed by atoms with van der Waals surface area (Å²) in [5.74, 6) is -1.99. The van der Waals surface area contributed by atoms with Crippen molar-refractivity contribution in [2.24, 2.45) is 0 Å². The van der Waals surface area contributed by atoms with E-state index in [1.54, 1.807) is 9.80 Å². The van der Waals surface area contributed by atoms with Crippen molar-refractivity contribution < 1.29 is 27.8 Å². The standard InChI is InChI=1S/C18H22F2N2O4/c1-3-21-11-18(26-17(21)24)6-8-22(9-7-18)16(23)12(2)25-15-5-4-13(19)10-14(15)20/h4-5,10,12H,3,6-9,11H2,1-2H3/t12-/m0/s1. The Bertz CT molecular complexity index is 704. The van der Waals surface area contributed by atoms with Crippen molar-refractivity contribution in [2.45, 2.75) is 38.4 Å². The molecule has 1 atom stereocenters. The minimum absolute atomic E-state index is 0.163. The molecule has 6 nitrogen and oxygen atoms in total. The van der Waals surface area contributed by atoms with Gasteiger partial charge in [0.1, 0.15) is 11.4 Å². The molecule has 0 radical (unpaired) electrons. The molecule has 2 aliphatic rings. The highest BCUT2D eigenvalue weighted by molar-refractivity contribution is 5.81. The van der Waals surface area contributed by atoms with Crippen LogP contribution < -0.4 is 4.74 Å². The minimum atomic E-state index is -0.901. The summed E-state index contributed by atoms with van der Waals surface area (Å²) in [7, 11) is 0. The van der Waals surface area contributed by atoms with Gasteiger partial charge in [0.15, 0.2) is 17.7 Å². The van der Waals surface area contributed by atoms with Gasteiger partial charge in [-0.1, -0.05) is 0 Å². The first-order valence-corrected chi connectivity index (χ1v) is 8.72. The summed E-state index contributed by atoms with van der Waals surface area (Å²) >= 11 is 0. The second-order valence-corrected chi connectivity index (χ2v) is 6.73. The summed E-state index contributed by atoms with van der Waals surface area (Å²) in [6, 6.07) is 2.95. The molecule has 2 fully saturated rings. The molecule has 2 heterocycles. The van der Waals surface area contributed by atoms with Crippen LogP contribution in [0.3, 0.4) is 0 Å². The van der Waals surface area contributed by atoms with Gasteiger partial charge in [0.05, 0.1) is 6.54 Å². The number of nitrogens with zero attached hydrogens (tertiary/aromatic N) is 2. The molecule has 0 bridgehead atoms. The van der Waals surface area contributed by atoms with Gasteiger partial charge in [0.2, 0.25) is 0 Å². The van der Waals surface area contributed by atoms with Crippen LogP contribution >= 0.6 is 0 Å². The van der Waals surface area contributed by atoms with Crippen molar-refractivity contribution in [3.05, 3.63) is 29.8 Å². The lowest BCUT2D eigenvalue weighted by Crippen LogP contribution is -2.51. The number of amides is 2. The van der Waals surface area contributed by atoms with Gasteiger partial charge >= 0.3 is 6.09 Å². The fourth-order valence-electron chi connectivity index (χ4n) is 3.40. The number of halogens is 2. The van der Waals surface area contributed by atoms with Crippen LogP contribution in [0.1, 0.15) is 26.7 Å². The third-order valence-corrected chi connectivity index (χ3v) is 4.95. The van der Waals surface area contributed by atoms with Crippen LogP contribution in [0.4, 0.5) is 13.6 Å². The van der Waals surface area contributed by atoms with Crippen molar-refractivity contribution in [3.8, 4) is 5.75 Å². The van der Waals surface area contributed by atoms with Gasteiger partial charge in [-0.15, -0.1) is 0 Å². The van der Waals surface area contributed by atoms with E-state index in [-0.39, 0.29) is 17.7 Å². The highest BCUT2D eigenvalue weighted by Crippen LogP contribution is 2.33. The van der Waals surface area contributed by atoms with Gasteiger partial charge in [-0.25, -0.2) is 13.6 Å². The van der Waals surface area contributed by atoms with Gasteiger partial charge in [0.25, 0.3) is 5.91 Å². The predicted octanol–water partition coefficient (Wildman–Crippen LogP) is 2.57. The summed E-state index contributed by atoms with van der Waals surface area (Å²) in [6.07, 6.45) is -0.102. The molecule has 142 valence electrons. The largest absolute Gasteiger partial charge is 0.478 e. The van der Waals surface area contributed by atoms with E-state index in [4.69, 9.17) is 9.47 Å². The molecule has 1 aromatic rings. The Balaban J connectivity index is 1.57. The van der Waals surface area contributed by atoms with E-state index in [0.29, 0.717) is 45.1 Å². The lowest BCUT2D eigenvalue weighted by Gasteiger charge is -2.38. The number of likely N-dealkylation sites (tertiary alicyclic amines) is 1. The lowest BCUT2D eigenvalue weighted by atomic mass is 9.91. The summed E-state index contributed by atoms with van der Waals surface area (Å²) < 4.78 is 37.5. The summed E-state index contributed by atoms with van der Waals surface area (Å²) in [6.45, 7) is 5.43. The number of carbonyl (C=O) groups excluding carboxylic acids is 2. The Morgan fingerprint density at radius 3 is 2.62 bits per heavy atom. The second-order valence-electron chi connectivity index (χ2n) is 6.73. The molecule has 0 aliphatic carbocycles. The first-order valence-electron chi connectivity index (χ1n) is 8.72. The molecule has 2 amide bonds. The average Bonchev–Trinajstić information content (AvgIpc) is 2.92. The summed E-state index contributed by atoms with van der Waals surface area (Å²) in [5.41, 5.74) is -0.531. The minimum Gasteiger partial charge on any atom is -0.478 e. The van der Waals surface area contributed by atoms with Gasteiger partial charge in [0, 0.05) is 38.5 Å². The van der Waals surface area contributed by atoms with Crippen LogP contribution in [-0.2, 0) is 9.53 Å². The van der Waals surface area contributed by atoms with Gasteiger partial charge in [-0.2, -0.15) is 0 Å². The monoisotopic (exact) mass is 368 g/mol. The number of ether oxygens (including phenoxy) is 2. The summed E-state index contributed by atoms with van der Waals surface area (Å²) in [4.78, 5) is 27.6. The molecule has 0 aromatic heterocycles. The van der Waals surface area contributed by atoms with Crippen molar-refractivity contribution >= 4 is 12.0 Å². The van der Waals surface area contributed by atoms with Crippen molar-refractivity contribution in [1.82, 2.24) is 9.80 Å². The third kappa shape index (κ3) is 3.59. The van der Waals surface area contributed by atoms with E-state index in [9.17, 15) is 18.4 Å². The Morgan fingerprint density at radius 2 is 2.04 bits per heavy atom. The maximum atomic E-state index is 13.7. The van der Waals surface area contributed by atoms with E-state index in [1.807, 2.05) is 6.92 Å². The van der Waals surface area contributed by atoms with Crippen molar-refractivity contribution in [3.63, 3.8) is 0 Å². The zero-order valence-electron chi connectivity index (χ0n) is 14.8. The summed E-state index contributed by atoms with van der Waals surface area (Å²) in [5, 5.41) is 0. The predicted molar refractivity (Wildman–Crippen MR) is 88.7 cm³/mol. The molecule has 1 spiro atoms. The van der Waals surface area contributed by atoms with Crippen LogP contribution in [0.25, 0.3) is 0 Å². The molecule has 3 rings (SSSR count). The fraction of sp³-hybridized carbons (Fsp3) is 0.556. The SMILES string of the molecule is CCN1CC2(CCN(C(=O)[C@H](C)Oc3ccc(F)cc3F)CC2)OC1=O. The number of piperidine rings is 1. The molecule has 0 saturated carbocycles. The second kappa shape index (κ2) is 7.09. The maximum Gasteiger partial charge on any atom is 0.410 e. The van der Waals surface area contributed by atoms with Gasteiger partial charge in [-0.3, -0.25) is 4.79 Å². The van der Waals surface area contributed by atoms with Gasteiger partial charge in [-0.05, 0) is 26.0 Å². The molecule has 0 unspecified atom stereocenters. The number of carbonyl (C=O) groups is 2. The highest BCUT2D eigenvalue weighted by Gasteiger charge is 2.47.